The summed E-state index contributed by atoms with van der Waals surface area (Å²) in [6.45, 7) is 2.39. The monoisotopic (exact) mass is 446 g/mol. The number of sulfonamides is 1. The molecule has 0 bridgehead atoms. The van der Waals surface area contributed by atoms with E-state index in [-0.39, 0.29) is 17.4 Å². The Hall–Kier alpha value is -2.45. The molecule has 0 N–H and O–H groups in total. The molecule has 6 nitrogen and oxygen atoms in total. The Balaban J connectivity index is 1.46. The topological polar surface area (TPSA) is 66.9 Å². The van der Waals surface area contributed by atoms with Gasteiger partial charge in [0.05, 0.1) is 6.61 Å². The Morgan fingerprint density at radius 1 is 1.03 bits per heavy atom. The molecule has 0 radical (unpaired) electrons. The average molecular weight is 447 g/mol. The molecule has 0 aliphatic carbocycles. The van der Waals surface area contributed by atoms with Crippen LogP contribution in [-0.4, -0.2) is 56.3 Å². The Kier molecular flexibility index (Phi) is 6.57. The summed E-state index contributed by atoms with van der Waals surface area (Å²) in [4.78, 5) is 14.4. The van der Waals surface area contributed by atoms with Gasteiger partial charge in [-0.15, -0.1) is 0 Å². The number of ether oxygens (including phenoxy) is 1. The van der Waals surface area contributed by atoms with Gasteiger partial charge in [0.25, 0.3) is 5.91 Å². The maximum atomic E-state index is 14.4. The van der Waals surface area contributed by atoms with Crippen molar-refractivity contribution >= 4 is 15.9 Å². The molecule has 8 heteroatoms. The molecular formula is C23H27FN2O4S. The highest BCUT2D eigenvalue weighted by atomic mass is 32.2. The first-order chi connectivity index (χ1) is 14.9. The molecule has 1 atom stereocenters. The maximum Gasteiger partial charge on any atom is 0.253 e. The van der Waals surface area contributed by atoms with Crippen LogP contribution < -0.4 is 4.74 Å². The van der Waals surface area contributed by atoms with Crippen molar-refractivity contribution in [3.8, 4) is 5.75 Å². The standard InChI is InChI=1S/C23H27FN2O4S/c24-21-11-10-19(15-22(21)31(28,29)26-13-4-5-14-26)23(27)25-12-6-7-18(16-25)17-30-20-8-2-1-3-9-20/h1-3,8-11,15,18H,4-7,12-14,16-17H2. The predicted octanol–water partition coefficient (Wildman–Crippen LogP) is 3.54. The fourth-order valence-electron chi connectivity index (χ4n) is 4.20. The number of hydrogen-bond donors (Lipinski definition) is 0. The average Bonchev–Trinajstić information content (AvgIpc) is 3.34. The number of carbonyl (C=O) groups excluding carboxylic acids is 1. The molecule has 2 aromatic carbocycles. The molecule has 2 heterocycles. The molecule has 0 aromatic heterocycles. The Morgan fingerprint density at radius 2 is 1.77 bits per heavy atom. The van der Waals surface area contributed by atoms with Crippen molar-refractivity contribution in [2.24, 2.45) is 5.92 Å². The van der Waals surface area contributed by atoms with Crippen molar-refractivity contribution in [2.45, 2.75) is 30.6 Å². The van der Waals surface area contributed by atoms with Crippen molar-refractivity contribution in [1.29, 1.82) is 0 Å². The second-order valence-corrected chi connectivity index (χ2v) is 10.0. The minimum absolute atomic E-state index is 0.186. The lowest BCUT2D eigenvalue weighted by atomic mass is 9.98. The number of benzene rings is 2. The number of amides is 1. The van der Waals surface area contributed by atoms with E-state index >= 15 is 0 Å². The van der Waals surface area contributed by atoms with Gasteiger partial charge in [0.1, 0.15) is 16.5 Å². The third-order valence-corrected chi connectivity index (χ3v) is 7.81. The molecule has 4 rings (SSSR count). The summed E-state index contributed by atoms with van der Waals surface area (Å²) in [6, 6.07) is 13.2. The van der Waals surface area contributed by atoms with Crippen molar-refractivity contribution in [3.05, 3.63) is 59.9 Å². The first-order valence-corrected chi connectivity index (χ1v) is 12.2. The minimum atomic E-state index is -3.94. The van der Waals surface area contributed by atoms with E-state index in [2.05, 4.69) is 0 Å². The van der Waals surface area contributed by atoms with Gasteiger partial charge in [-0.3, -0.25) is 4.79 Å². The number of halogens is 1. The second kappa shape index (κ2) is 9.36. The highest BCUT2D eigenvalue weighted by molar-refractivity contribution is 7.89. The quantitative estimate of drug-likeness (QED) is 0.681. The van der Waals surface area contributed by atoms with Gasteiger partial charge in [0.2, 0.25) is 10.0 Å². The summed E-state index contributed by atoms with van der Waals surface area (Å²) in [5, 5.41) is 0. The Bertz CT molecular complexity index is 1020. The first-order valence-electron chi connectivity index (χ1n) is 10.7. The number of hydrogen-bond acceptors (Lipinski definition) is 4. The number of likely N-dealkylation sites (tertiary alicyclic amines) is 1. The molecule has 2 aliphatic heterocycles. The summed E-state index contributed by atoms with van der Waals surface area (Å²) in [6.07, 6.45) is 3.32. The lowest BCUT2D eigenvalue weighted by Crippen LogP contribution is -2.41. The highest BCUT2D eigenvalue weighted by Crippen LogP contribution is 2.26. The Labute approximate surface area is 182 Å². The SMILES string of the molecule is O=C(c1ccc(F)c(S(=O)(=O)N2CCCC2)c1)N1CCCC(COc2ccccc2)C1. The summed E-state index contributed by atoms with van der Waals surface area (Å²) in [5.74, 6) is -0.120. The number of carbonyl (C=O) groups is 1. The van der Waals surface area contributed by atoms with Crippen LogP contribution in [-0.2, 0) is 10.0 Å². The van der Waals surface area contributed by atoms with Gasteiger partial charge in [-0.05, 0) is 56.0 Å². The van der Waals surface area contributed by atoms with Crippen molar-refractivity contribution in [2.75, 3.05) is 32.8 Å². The fraction of sp³-hybridized carbons (Fsp3) is 0.435. The van der Waals surface area contributed by atoms with Gasteiger partial charge in [-0.1, -0.05) is 18.2 Å². The maximum absolute atomic E-state index is 14.4. The van der Waals surface area contributed by atoms with E-state index in [0.29, 0.717) is 32.8 Å². The largest absolute Gasteiger partial charge is 0.493 e. The van der Waals surface area contributed by atoms with Gasteiger partial charge in [-0.2, -0.15) is 4.31 Å². The van der Waals surface area contributed by atoms with E-state index in [9.17, 15) is 17.6 Å². The highest BCUT2D eigenvalue weighted by Gasteiger charge is 2.31. The van der Waals surface area contributed by atoms with Crippen LogP contribution in [0.25, 0.3) is 0 Å². The molecule has 1 amide bonds. The summed E-state index contributed by atoms with van der Waals surface area (Å²) >= 11 is 0. The molecule has 2 fully saturated rings. The van der Waals surface area contributed by atoms with Gasteiger partial charge >= 0.3 is 0 Å². The van der Waals surface area contributed by atoms with E-state index < -0.39 is 20.7 Å². The van der Waals surface area contributed by atoms with E-state index in [1.165, 1.54) is 16.4 Å². The zero-order chi connectivity index (χ0) is 21.8. The van der Waals surface area contributed by atoms with E-state index in [4.69, 9.17) is 4.74 Å². The number of nitrogens with zero attached hydrogens (tertiary/aromatic N) is 2. The number of para-hydroxylation sites is 1. The van der Waals surface area contributed by atoms with Crippen LogP contribution in [0.3, 0.4) is 0 Å². The zero-order valence-corrected chi connectivity index (χ0v) is 18.2. The molecule has 2 saturated heterocycles. The van der Waals surface area contributed by atoms with Crippen LogP contribution in [0.15, 0.2) is 53.4 Å². The Morgan fingerprint density at radius 3 is 2.52 bits per heavy atom. The van der Waals surface area contributed by atoms with Crippen molar-refractivity contribution in [1.82, 2.24) is 9.21 Å². The van der Waals surface area contributed by atoms with Gasteiger partial charge in [0, 0.05) is 37.7 Å². The van der Waals surface area contributed by atoms with Crippen LogP contribution in [0.2, 0.25) is 0 Å². The fourth-order valence-corrected chi connectivity index (χ4v) is 5.81. The zero-order valence-electron chi connectivity index (χ0n) is 17.4. The van der Waals surface area contributed by atoms with Crippen LogP contribution in [0, 0.1) is 11.7 Å². The van der Waals surface area contributed by atoms with E-state index in [1.54, 1.807) is 4.90 Å². The molecule has 2 aliphatic rings. The number of rotatable bonds is 6. The summed E-state index contributed by atoms with van der Waals surface area (Å²) in [7, 11) is -3.94. The van der Waals surface area contributed by atoms with E-state index in [0.717, 1.165) is 37.5 Å². The van der Waals surface area contributed by atoms with Gasteiger partial charge in [0.15, 0.2) is 0 Å². The summed E-state index contributed by atoms with van der Waals surface area (Å²) < 4.78 is 47.2. The number of piperidine rings is 1. The molecule has 31 heavy (non-hydrogen) atoms. The van der Waals surface area contributed by atoms with Crippen LogP contribution >= 0.6 is 0 Å². The molecular weight excluding hydrogens is 419 g/mol. The van der Waals surface area contributed by atoms with Gasteiger partial charge in [-0.25, -0.2) is 12.8 Å². The van der Waals surface area contributed by atoms with E-state index in [1.807, 2.05) is 30.3 Å². The normalized spacial score (nSPS) is 20.0. The molecule has 0 saturated carbocycles. The van der Waals surface area contributed by atoms with Crippen molar-refractivity contribution in [3.63, 3.8) is 0 Å². The third kappa shape index (κ3) is 4.91. The molecule has 166 valence electrons. The summed E-state index contributed by atoms with van der Waals surface area (Å²) in [5.41, 5.74) is 0.198. The first kappa shape index (κ1) is 21.8. The van der Waals surface area contributed by atoms with Crippen LogP contribution in [0.5, 0.6) is 5.75 Å². The van der Waals surface area contributed by atoms with Crippen LogP contribution in [0.4, 0.5) is 4.39 Å². The minimum Gasteiger partial charge on any atom is -0.493 e. The molecule has 1 unspecified atom stereocenters. The lowest BCUT2D eigenvalue weighted by Gasteiger charge is -2.33. The van der Waals surface area contributed by atoms with Crippen molar-refractivity contribution < 1.29 is 22.3 Å². The molecule has 2 aromatic rings. The lowest BCUT2D eigenvalue weighted by molar-refractivity contribution is 0.0633. The predicted molar refractivity (Wildman–Crippen MR) is 115 cm³/mol. The van der Waals surface area contributed by atoms with Crippen LogP contribution in [0.1, 0.15) is 36.0 Å². The molecule has 0 spiro atoms. The smallest absolute Gasteiger partial charge is 0.253 e. The second-order valence-electron chi connectivity index (χ2n) is 8.14. The third-order valence-electron chi connectivity index (χ3n) is 5.90. The van der Waals surface area contributed by atoms with Gasteiger partial charge < -0.3 is 9.64 Å².